The van der Waals surface area contributed by atoms with Gasteiger partial charge in [0.05, 0.1) is 36.7 Å². The number of aromatic carboxylic acids is 2. The Morgan fingerprint density at radius 3 is 1.40 bits per heavy atom. The molecule has 0 spiro atoms. The van der Waals surface area contributed by atoms with E-state index in [1.54, 1.807) is 92.0 Å². The van der Waals surface area contributed by atoms with Crippen molar-refractivity contribution < 1.29 is 61.6 Å². The van der Waals surface area contributed by atoms with E-state index in [-0.39, 0.29) is 52.3 Å². The number of carboxylic acid groups (broad SMARTS) is 2. The lowest BCUT2D eigenvalue weighted by Gasteiger charge is -2.13. The summed E-state index contributed by atoms with van der Waals surface area (Å²) in [7, 11) is 2.96. The molecule has 8 N–H and O–H groups in total. The molecule has 0 aliphatic rings. The highest BCUT2D eigenvalue weighted by molar-refractivity contribution is 7.16. The third-order valence-corrected chi connectivity index (χ3v) is 13.1. The van der Waals surface area contributed by atoms with E-state index in [1.165, 1.54) is 31.8 Å². The predicted molar refractivity (Wildman–Crippen MR) is 280 cm³/mol. The van der Waals surface area contributed by atoms with Crippen LogP contribution in [0.5, 0.6) is 11.5 Å². The van der Waals surface area contributed by atoms with Gasteiger partial charge in [-0.25, -0.2) is 39.1 Å². The van der Waals surface area contributed by atoms with Crippen molar-refractivity contribution in [2.45, 2.75) is 52.6 Å². The Balaban J connectivity index is 0.000000224. The Morgan fingerprint density at radius 1 is 0.571 bits per heavy atom. The number of para-hydroxylation sites is 2. The zero-order valence-corrected chi connectivity index (χ0v) is 43.1. The Labute approximate surface area is 444 Å². The lowest BCUT2D eigenvalue weighted by molar-refractivity contribution is -0.141. The van der Waals surface area contributed by atoms with Gasteiger partial charge in [0.1, 0.15) is 23.1 Å². The van der Waals surface area contributed by atoms with Gasteiger partial charge in [-0.15, -0.1) is 22.7 Å². The van der Waals surface area contributed by atoms with Crippen molar-refractivity contribution in [3.63, 3.8) is 0 Å². The fourth-order valence-electron chi connectivity index (χ4n) is 7.56. The molecule has 0 unspecified atom stereocenters. The number of aromatic amines is 2. The average molecular weight is 1090 g/mol. The quantitative estimate of drug-likeness (QED) is 0.0371. The minimum Gasteiger partial charge on any atom is -0.496 e. The first kappa shape index (κ1) is 55.5. The van der Waals surface area contributed by atoms with Gasteiger partial charge in [0.25, 0.3) is 0 Å². The number of H-pyrrole nitrogens is 2. The van der Waals surface area contributed by atoms with E-state index in [9.17, 15) is 41.9 Å². The van der Waals surface area contributed by atoms with Gasteiger partial charge in [-0.2, -0.15) is 13.2 Å². The summed E-state index contributed by atoms with van der Waals surface area (Å²) in [6.45, 7) is 5.35. The molecule has 0 saturated heterocycles. The first-order valence-corrected chi connectivity index (χ1v) is 24.6. The number of carboxylic acids is 2. The van der Waals surface area contributed by atoms with Crippen molar-refractivity contribution >= 4 is 79.9 Å². The van der Waals surface area contributed by atoms with Crippen molar-refractivity contribution in [2.75, 3.05) is 35.5 Å². The van der Waals surface area contributed by atoms with Crippen LogP contribution in [0.15, 0.2) is 97.3 Å². The molecule has 4 heterocycles. The lowest BCUT2D eigenvalue weighted by Crippen LogP contribution is -2.21. The van der Waals surface area contributed by atoms with E-state index < -0.39 is 41.6 Å². The van der Waals surface area contributed by atoms with Gasteiger partial charge in [-0.3, -0.25) is 20.2 Å². The molecule has 8 aromatic rings. The molecule has 0 radical (unpaired) electrons. The van der Waals surface area contributed by atoms with E-state index in [2.05, 4.69) is 46.2 Å². The minimum absolute atomic E-state index is 0.0119. The van der Waals surface area contributed by atoms with E-state index in [1.807, 2.05) is 24.9 Å². The normalized spacial score (nSPS) is 11.0. The maximum Gasteiger partial charge on any atom is 0.433 e. The van der Waals surface area contributed by atoms with Gasteiger partial charge in [0, 0.05) is 51.8 Å². The zero-order valence-electron chi connectivity index (χ0n) is 41.5. The predicted octanol–water partition coefficient (Wildman–Crippen LogP) is 10.4. The number of aromatic nitrogens is 6. The van der Waals surface area contributed by atoms with Gasteiger partial charge >= 0.3 is 30.2 Å². The molecule has 77 heavy (non-hydrogen) atoms. The van der Waals surface area contributed by atoms with Gasteiger partial charge in [0.15, 0.2) is 38.9 Å². The van der Waals surface area contributed by atoms with E-state index in [0.29, 0.717) is 68.2 Å². The number of hydrogen-bond donors (Lipinski definition) is 8. The fourth-order valence-corrected chi connectivity index (χ4v) is 9.17. The molecule has 4 amide bonds. The summed E-state index contributed by atoms with van der Waals surface area (Å²) < 4.78 is 49.8. The summed E-state index contributed by atoms with van der Waals surface area (Å²) in [6, 6.07) is 22.7. The number of aryl methyl sites for hydroxylation is 7. The summed E-state index contributed by atoms with van der Waals surface area (Å²) >= 11 is 2.38. The molecular formula is C52H47F3N10O10S2. The summed E-state index contributed by atoms with van der Waals surface area (Å²) in [5.74, 6) is -2.20. The number of carbonyl (C=O) groups is 6. The van der Waals surface area contributed by atoms with Crippen molar-refractivity contribution in [2.24, 2.45) is 0 Å². The second kappa shape index (κ2) is 24.4. The largest absolute Gasteiger partial charge is 0.496 e. The molecule has 4 aromatic heterocycles. The number of nitrogens with one attached hydrogen (secondary N) is 6. The van der Waals surface area contributed by atoms with Gasteiger partial charge < -0.3 is 40.3 Å². The van der Waals surface area contributed by atoms with Crippen molar-refractivity contribution in [1.29, 1.82) is 0 Å². The maximum absolute atomic E-state index is 13.3. The highest BCUT2D eigenvalue weighted by atomic mass is 32.1. The molecule has 0 bridgehead atoms. The van der Waals surface area contributed by atoms with E-state index in [0.717, 1.165) is 27.3 Å². The number of amides is 4. The van der Waals surface area contributed by atoms with E-state index in [4.69, 9.17) is 19.7 Å². The average Bonchev–Trinajstić information content (AvgIpc) is 4.23. The van der Waals surface area contributed by atoms with Crippen molar-refractivity contribution in [3.05, 3.63) is 175 Å². The molecule has 0 atom stereocenters. The number of urea groups is 2. The Morgan fingerprint density at radius 2 is 1.00 bits per heavy atom. The number of alkyl halides is 3. The molecule has 8 rings (SSSR count). The Hall–Kier alpha value is -9.23. The van der Waals surface area contributed by atoms with Crippen LogP contribution >= 0.6 is 22.7 Å². The number of halogens is 3. The summed E-state index contributed by atoms with van der Waals surface area (Å²) in [4.78, 5) is 96.8. The second-order valence-electron chi connectivity index (χ2n) is 16.8. The number of ketones is 2. The second-order valence-corrected chi connectivity index (χ2v) is 19.0. The van der Waals surface area contributed by atoms with Crippen LogP contribution in [-0.2, 0) is 31.9 Å². The summed E-state index contributed by atoms with van der Waals surface area (Å²) in [5, 5.41) is 29.4. The summed E-state index contributed by atoms with van der Waals surface area (Å²) in [5.41, 5.74) is 1.64. The van der Waals surface area contributed by atoms with Gasteiger partial charge in [0.2, 0.25) is 0 Å². The molecule has 20 nitrogen and oxygen atoms in total. The van der Waals surface area contributed by atoms with Crippen LogP contribution in [0.4, 0.5) is 44.4 Å². The monoisotopic (exact) mass is 1090 g/mol. The Bertz CT molecular complexity index is 3510. The highest BCUT2D eigenvalue weighted by Gasteiger charge is 2.39. The fraction of sp³-hybridized carbons (Fsp3) is 0.192. The first-order valence-electron chi connectivity index (χ1n) is 23.0. The lowest BCUT2D eigenvalue weighted by atomic mass is 9.99. The summed E-state index contributed by atoms with van der Waals surface area (Å²) in [6.07, 6.45) is -0.543. The maximum atomic E-state index is 13.3. The van der Waals surface area contributed by atoms with Crippen LogP contribution in [0.2, 0.25) is 0 Å². The molecule has 25 heteroatoms. The molecule has 0 aliphatic heterocycles. The number of ether oxygens (including phenoxy) is 2. The third kappa shape index (κ3) is 14.1. The van der Waals surface area contributed by atoms with Gasteiger partial charge in [-0.1, -0.05) is 47.5 Å². The number of nitrogens with zero attached hydrogens (tertiary/aromatic N) is 4. The number of thiazole rings is 2. The number of benzene rings is 4. The molecule has 398 valence electrons. The number of anilines is 4. The number of hydrogen-bond acceptors (Lipinski definition) is 14. The molecular weight excluding hydrogens is 1050 g/mol. The molecule has 0 fully saturated rings. The number of rotatable bonds is 18. The van der Waals surface area contributed by atoms with Crippen molar-refractivity contribution in [3.8, 4) is 11.5 Å². The third-order valence-electron chi connectivity index (χ3n) is 11.2. The number of carbonyl (C=O) groups excluding carboxylic acids is 4. The van der Waals surface area contributed by atoms with Crippen LogP contribution in [0, 0.1) is 20.8 Å². The molecule has 0 aliphatic carbocycles. The topological polar surface area (TPSA) is 293 Å². The number of imidazole rings is 2. The van der Waals surface area contributed by atoms with E-state index >= 15 is 0 Å². The SMILES string of the molecule is COc1ccccc1C(=O)c1cc(C)ccc1NC(=O)Nc1ncc(CCc2nc(C(=O)O)c(C(F)(F)F)[nH]2)s1.COc1ccccc1C(=O)c1cc(C)ccc1NC(=O)Nc1ncc(CCc2nc(C(=O)O)c(C)[nH]2)s1. The van der Waals surface area contributed by atoms with Crippen LogP contribution in [0.25, 0.3) is 0 Å². The smallest absolute Gasteiger partial charge is 0.433 e. The number of methoxy groups -OCH3 is 2. The highest BCUT2D eigenvalue weighted by Crippen LogP contribution is 2.32. The van der Waals surface area contributed by atoms with Crippen LogP contribution < -0.4 is 30.7 Å². The molecule has 0 saturated carbocycles. The van der Waals surface area contributed by atoms with Gasteiger partial charge in [-0.05, 0) is 82.1 Å². The standard InChI is InChI=1S/C26H22F3N5O5S.C26H25N5O5S/c1-13-7-9-17(16(11-13)21(35)15-5-3-4-6-18(15)39-2)31-24(38)34-25-30-12-14(40-25)8-10-19-32-20(23(36)37)22(33-19)26(27,28)29;1-14-8-10-19(18(12-14)23(32)17-6-4-5-7-20(17)36-3)29-25(35)31-26-27-13-16(37-26)9-11-21-28-15(2)22(30-21)24(33)34/h3-7,9,11-12H,8,10H2,1-2H3,(H,32,33)(H,36,37)(H2,30,31,34,38);4-8,10,12-13H,9,11H2,1-3H3,(H,28,30)(H,33,34)(H2,27,29,31,35). The van der Waals surface area contributed by atoms with Crippen molar-refractivity contribution in [1.82, 2.24) is 29.9 Å². The van der Waals surface area contributed by atoms with Crippen LogP contribution in [-0.4, -0.2) is 89.9 Å². The zero-order chi connectivity index (χ0) is 55.6. The van der Waals surface area contributed by atoms with Crippen LogP contribution in [0.1, 0.15) is 96.7 Å². The first-order chi connectivity index (χ1) is 36.7. The molecule has 4 aromatic carbocycles. The Kier molecular flexibility index (Phi) is 17.6. The van der Waals surface area contributed by atoms with Crippen LogP contribution in [0.3, 0.4) is 0 Å². The minimum atomic E-state index is -4.89.